The van der Waals surface area contributed by atoms with Crippen LogP contribution in [0.3, 0.4) is 0 Å². The molecule has 5 nitrogen and oxygen atoms in total. The Labute approximate surface area is 154 Å². The van der Waals surface area contributed by atoms with E-state index in [1.807, 2.05) is 31.2 Å². The van der Waals surface area contributed by atoms with Crippen LogP contribution in [-0.2, 0) is 11.2 Å². The summed E-state index contributed by atoms with van der Waals surface area (Å²) in [7, 11) is 4.66. The molecule has 0 aromatic heterocycles. The largest absolute Gasteiger partial charge is 0.493 e. The van der Waals surface area contributed by atoms with E-state index in [1.54, 1.807) is 33.5 Å². The van der Waals surface area contributed by atoms with Crippen molar-refractivity contribution in [3.05, 3.63) is 53.1 Å². The average molecular weight is 355 g/mol. The summed E-state index contributed by atoms with van der Waals surface area (Å²) >= 11 is 0. The van der Waals surface area contributed by atoms with Crippen LogP contribution in [0, 0.1) is 6.92 Å². The van der Waals surface area contributed by atoms with Crippen molar-refractivity contribution in [2.45, 2.75) is 20.3 Å². The van der Waals surface area contributed by atoms with E-state index in [9.17, 15) is 4.79 Å². The molecule has 2 rings (SSSR count). The number of benzene rings is 2. The number of para-hydroxylation sites is 1. The molecule has 0 aliphatic heterocycles. The van der Waals surface area contributed by atoms with Crippen LogP contribution in [0.15, 0.2) is 36.4 Å². The number of carbonyl (C=O) groups is 1. The summed E-state index contributed by atoms with van der Waals surface area (Å²) in [5.41, 5.74) is 3.73. The molecule has 0 unspecified atom stereocenters. The molecule has 2 aromatic rings. The maximum atomic E-state index is 12.4. The highest BCUT2D eigenvalue weighted by molar-refractivity contribution is 6.03. The Morgan fingerprint density at radius 1 is 1.04 bits per heavy atom. The molecule has 0 fully saturated rings. The predicted molar refractivity (Wildman–Crippen MR) is 104 cm³/mol. The summed E-state index contributed by atoms with van der Waals surface area (Å²) in [6.45, 7) is 4.05. The normalized spacial score (nSPS) is 10.7. The molecule has 1 N–H and O–H groups in total. The van der Waals surface area contributed by atoms with Gasteiger partial charge in [0.05, 0.1) is 21.3 Å². The lowest BCUT2D eigenvalue weighted by molar-refractivity contribution is -0.111. The van der Waals surface area contributed by atoms with E-state index in [-0.39, 0.29) is 5.91 Å². The highest BCUT2D eigenvalue weighted by atomic mass is 16.5. The Balaban J connectivity index is 2.26. The Hall–Kier alpha value is -2.95. The first-order valence-corrected chi connectivity index (χ1v) is 8.42. The molecule has 0 saturated heterocycles. The number of amides is 1. The molecule has 0 bridgehead atoms. The molecule has 2 aromatic carbocycles. The van der Waals surface area contributed by atoms with Crippen molar-refractivity contribution in [3.63, 3.8) is 0 Å². The summed E-state index contributed by atoms with van der Waals surface area (Å²) in [6.07, 6.45) is 4.03. The molecule has 0 aliphatic carbocycles. The Morgan fingerprint density at radius 3 is 2.38 bits per heavy atom. The number of hydrogen-bond acceptors (Lipinski definition) is 4. The van der Waals surface area contributed by atoms with Crippen LogP contribution in [0.4, 0.5) is 5.69 Å². The third-order valence-electron chi connectivity index (χ3n) is 4.14. The number of methoxy groups -OCH3 is 3. The fourth-order valence-corrected chi connectivity index (χ4v) is 2.79. The van der Waals surface area contributed by atoms with Gasteiger partial charge in [0.1, 0.15) is 0 Å². The van der Waals surface area contributed by atoms with Crippen LogP contribution in [0.25, 0.3) is 6.08 Å². The topological polar surface area (TPSA) is 56.8 Å². The summed E-state index contributed by atoms with van der Waals surface area (Å²) in [4.78, 5) is 12.4. The monoisotopic (exact) mass is 355 g/mol. The molecular weight excluding hydrogens is 330 g/mol. The highest BCUT2D eigenvalue weighted by Gasteiger charge is 2.14. The van der Waals surface area contributed by atoms with Crippen LogP contribution in [0.5, 0.6) is 17.2 Å². The lowest BCUT2D eigenvalue weighted by Crippen LogP contribution is -2.11. The van der Waals surface area contributed by atoms with Gasteiger partial charge in [-0.3, -0.25) is 4.79 Å². The first-order chi connectivity index (χ1) is 12.5. The van der Waals surface area contributed by atoms with Crippen molar-refractivity contribution in [2.75, 3.05) is 26.6 Å². The minimum Gasteiger partial charge on any atom is -0.493 e. The van der Waals surface area contributed by atoms with Crippen molar-refractivity contribution in [2.24, 2.45) is 0 Å². The first kappa shape index (κ1) is 19.4. The van der Waals surface area contributed by atoms with Gasteiger partial charge < -0.3 is 19.5 Å². The van der Waals surface area contributed by atoms with Crippen LogP contribution in [0.2, 0.25) is 0 Å². The average Bonchev–Trinajstić information content (AvgIpc) is 2.66. The van der Waals surface area contributed by atoms with E-state index in [0.717, 1.165) is 28.8 Å². The van der Waals surface area contributed by atoms with Gasteiger partial charge in [0.25, 0.3) is 0 Å². The Bertz CT molecular complexity index is 812. The molecule has 0 aliphatic rings. The summed E-state index contributed by atoms with van der Waals surface area (Å²) in [5.74, 6) is 1.37. The van der Waals surface area contributed by atoms with E-state index >= 15 is 0 Å². The highest BCUT2D eigenvalue weighted by Crippen LogP contribution is 2.40. The number of ether oxygens (including phenoxy) is 3. The fourth-order valence-electron chi connectivity index (χ4n) is 2.79. The third kappa shape index (κ3) is 4.17. The fraction of sp³-hybridized carbons (Fsp3) is 0.286. The van der Waals surface area contributed by atoms with E-state index in [4.69, 9.17) is 14.2 Å². The molecular formula is C21H25NO4. The van der Waals surface area contributed by atoms with Gasteiger partial charge in [-0.1, -0.05) is 25.1 Å². The number of aryl methyl sites for hydroxylation is 2. The van der Waals surface area contributed by atoms with E-state index in [0.29, 0.717) is 17.2 Å². The van der Waals surface area contributed by atoms with Gasteiger partial charge in [-0.15, -0.1) is 0 Å². The van der Waals surface area contributed by atoms with Crippen LogP contribution in [0.1, 0.15) is 23.6 Å². The van der Waals surface area contributed by atoms with E-state index in [2.05, 4.69) is 12.2 Å². The van der Waals surface area contributed by atoms with Crippen molar-refractivity contribution >= 4 is 17.7 Å². The van der Waals surface area contributed by atoms with Crippen LogP contribution < -0.4 is 19.5 Å². The van der Waals surface area contributed by atoms with Gasteiger partial charge in [0.15, 0.2) is 11.5 Å². The number of rotatable bonds is 7. The zero-order chi connectivity index (χ0) is 19.1. The minimum absolute atomic E-state index is 0.203. The molecule has 138 valence electrons. The standard InChI is InChI=1S/C21H25NO4/c1-6-15-9-7-8-14(2)19(15)22-18(23)13-11-16-10-12-17(24-3)21(26-5)20(16)25-4/h7-13H,6H2,1-5H3,(H,22,23). The van der Waals surface area contributed by atoms with E-state index < -0.39 is 0 Å². The Morgan fingerprint density at radius 2 is 1.77 bits per heavy atom. The van der Waals surface area contributed by atoms with Gasteiger partial charge in [-0.05, 0) is 42.7 Å². The zero-order valence-corrected chi connectivity index (χ0v) is 15.9. The minimum atomic E-state index is -0.203. The maximum absolute atomic E-state index is 12.4. The molecule has 0 saturated carbocycles. The van der Waals surface area contributed by atoms with Crippen molar-refractivity contribution in [1.29, 1.82) is 0 Å². The molecule has 5 heteroatoms. The quantitative estimate of drug-likeness (QED) is 0.755. The second kappa shape index (κ2) is 8.94. The first-order valence-electron chi connectivity index (χ1n) is 8.42. The molecule has 0 spiro atoms. The van der Waals surface area contributed by atoms with Gasteiger partial charge in [0.2, 0.25) is 11.7 Å². The second-order valence-corrected chi connectivity index (χ2v) is 5.71. The van der Waals surface area contributed by atoms with Gasteiger partial charge in [0, 0.05) is 17.3 Å². The summed E-state index contributed by atoms with van der Waals surface area (Å²) < 4.78 is 16.1. The SMILES string of the molecule is CCc1cccc(C)c1NC(=O)C=Cc1ccc(OC)c(OC)c1OC. The summed E-state index contributed by atoms with van der Waals surface area (Å²) in [5, 5.41) is 2.97. The lowest BCUT2D eigenvalue weighted by Gasteiger charge is -2.14. The van der Waals surface area contributed by atoms with Crippen LogP contribution >= 0.6 is 0 Å². The number of carbonyl (C=O) groups excluding carboxylic acids is 1. The van der Waals surface area contributed by atoms with Crippen molar-refractivity contribution in [3.8, 4) is 17.2 Å². The second-order valence-electron chi connectivity index (χ2n) is 5.71. The smallest absolute Gasteiger partial charge is 0.248 e. The molecule has 1 amide bonds. The third-order valence-corrected chi connectivity index (χ3v) is 4.14. The zero-order valence-electron chi connectivity index (χ0n) is 15.9. The van der Waals surface area contributed by atoms with Crippen molar-refractivity contribution < 1.29 is 19.0 Å². The van der Waals surface area contributed by atoms with Gasteiger partial charge >= 0.3 is 0 Å². The lowest BCUT2D eigenvalue weighted by atomic mass is 10.1. The van der Waals surface area contributed by atoms with Gasteiger partial charge in [-0.2, -0.15) is 0 Å². The van der Waals surface area contributed by atoms with Crippen LogP contribution in [-0.4, -0.2) is 27.2 Å². The maximum Gasteiger partial charge on any atom is 0.248 e. The molecule has 26 heavy (non-hydrogen) atoms. The molecule has 0 heterocycles. The number of nitrogens with one attached hydrogen (secondary N) is 1. The number of anilines is 1. The summed E-state index contributed by atoms with van der Waals surface area (Å²) in [6, 6.07) is 9.58. The van der Waals surface area contributed by atoms with E-state index in [1.165, 1.54) is 6.08 Å². The number of hydrogen-bond donors (Lipinski definition) is 1. The van der Waals surface area contributed by atoms with Gasteiger partial charge in [-0.25, -0.2) is 0 Å². The molecule has 0 radical (unpaired) electrons. The predicted octanol–water partition coefficient (Wildman–Crippen LogP) is 4.24. The Kier molecular flexibility index (Phi) is 6.67. The van der Waals surface area contributed by atoms with Crippen molar-refractivity contribution in [1.82, 2.24) is 0 Å². The molecule has 0 atom stereocenters.